The molecule has 31 heavy (non-hydrogen) atoms. The molecule has 1 aromatic carbocycles. The molecule has 1 amide bonds. The SMILES string of the molecule is NCc1cccs1.O=C(O)C1=NOC2(CCN(C(=O)COc3cccc(Cl)c3)CC2)C1. The smallest absolute Gasteiger partial charge is 0.353 e. The van der Waals surface area contributed by atoms with Gasteiger partial charge in [-0.1, -0.05) is 28.9 Å². The van der Waals surface area contributed by atoms with Crippen LogP contribution in [0.1, 0.15) is 24.1 Å². The number of oxime groups is 1. The summed E-state index contributed by atoms with van der Waals surface area (Å²) < 4.78 is 5.46. The van der Waals surface area contributed by atoms with Crippen molar-refractivity contribution in [2.75, 3.05) is 19.7 Å². The highest BCUT2D eigenvalue weighted by atomic mass is 35.5. The van der Waals surface area contributed by atoms with E-state index < -0.39 is 11.6 Å². The molecule has 2 aliphatic heterocycles. The number of nitrogens with two attached hydrogens (primary N) is 1. The van der Waals surface area contributed by atoms with Gasteiger partial charge in [0.1, 0.15) is 11.4 Å². The van der Waals surface area contributed by atoms with E-state index in [2.05, 4.69) is 5.16 Å². The van der Waals surface area contributed by atoms with Crippen molar-refractivity contribution in [1.29, 1.82) is 0 Å². The van der Waals surface area contributed by atoms with Crippen LogP contribution in [0.15, 0.2) is 46.9 Å². The number of likely N-dealkylation sites (tertiary alicyclic amines) is 1. The summed E-state index contributed by atoms with van der Waals surface area (Å²) in [5.74, 6) is -0.634. The summed E-state index contributed by atoms with van der Waals surface area (Å²) >= 11 is 7.57. The van der Waals surface area contributed by atoms with Crippen LogP contribution in [0.4, 0.5) is 0 Å². The average Bonchev–Trinajstić information content (AvgIpc) is 3.44. The number of nitrogens with zero attached hydrogens (tertiary/aromatic N) is 2. The second-order valence-corrected chi connectivity index (χ2v) is 8.67. The lowest BCUT2D eigenvalue weighted by atomic mass is 9.87. The fourth-order valence-electron chi connectivity index (χ4n) is 3.29. The number of thiophene rings is 1. The van der Waals surface area contributed by atoms with Crippen LogP contribution in [0.25, 0.3) is 0 Å². The molecule has 0 unspecified atom stereocenters. The first-order chi connectivity index (χ1) is 14.9. The highest BCUT2D eigenvalue weighted by Gasteiger charge is 2.44. The van der Waals surface area contributed by atoms with E-state index in [1.54, 1.807) is 40.5 Å². The maximum atomic E-state index is 12.2. The van der Waals surface area contributed by atoms with E-state index in [-0.39, 0.29) is 24.6 Å². The van der Waals surface area contributed by atoms with Gasteiger partial charge in [0.2, 0.25) is 0 Å². The van der Waals surface area contributed by atoms with Gasteiger partial charge in [-0.25, -0.2) is 4.79 Å². The second kappa shape index (κ2) is 10.6. The standard InChI is InChI=1S/C16H17ClN2O5.C5H7NS/c17-11-2-1-3-12(8-11)23-10-14(20)19-6-4-16(5-7-19)9-13(15(21)22)18-24-16;6-4-5-2-1-3-7-5/h1-3,8H,4-7,9-10H2,(H,21,22);1-3H,4,6H2. The van der Waals surface area contributed by atoms with Gasteiger partial charge in [0, 0.05) is 48.8 Å². The van der Waals surface area contributed by atoms with Crippen LogP contribution in [0.5, 0.6) is 5.75 Å². The minimum atomic E-state index is -1.06. The second-order valence-electron chi connectivity index (χ2n) is 7.20. The predicted octanol–water partition coefficient (Wildman–Crippen LogP) is 3.15. The van der Waals surface area contributed by atoms with Crippen molar-refractivity contribution in [3.05, 3.63) is 51.7 Å². The molecule has 166 valence electrons. The van der Waals surface area contributed by atoms with Crippen molar-refractivity contribution >= 4 is 40.5 Å². The minimum Gasteiger partial charge on any atom is -0.484 e. The lowest BCUT2D eigenvalue weighted by Crippen LogP contribution is -2.48. The molecule has 1 aromatic heterocycles. The molecule has 1 saturated heterocycles. The summed E-state index contributed by atoms with van der Waals surface area (Å²) in [6, 6.07) is 10.9. The Morgan fingerprint density at radius 3 is 2.61 bits per heavy atom. The first-order valence-corrected chi connectivity index (χ1v) is 11.0. The number of aliphatic carboxylic acids is 1. The predicted molar refractivity (Wildman–Crippen MR) is 118 cm³/mol. The minimum absolute atomic E-state index is 0.0408. The summed E-state index contributed by atoms with van der Waals surface area (Å²) in [4.78, 5) is 31.5. The van der Waals surface area contributed by atoms with Crippen LogP contribution in [-0.4, -0.2) is 52.9 Å². The Labute approximate surface area is 189 Å². The zero-order valence-corrected chi connectivity index (χ0v) is 18.4. The Hall–Kier alpha value is -2.62. The molecule has 8 nitrogen and oxygen atoms in total. The summed E-state index contributed by atoms with van der Waals surface area (Å²) in [6.07, 6.45) is 1.38. The first kappa shape index (κ1) is 23.1. The summed E-state index contributed by atoms with van der Waals surface area (Å²) in [5, 5.41) is 15.2. The van der Waals surface area contributed by atoms with Gasteiger partial charge < -0.3 is 25.3 Å². The molecule has 1 fully saturated rings. The highest BCUT2D eigenvalue weighted by molar-refractivity contribution is 7.09. The third-order valence-electron chi connectivity index (χ3n) is 5.05. The van der Waals surface area contributed by atoms with Crippen LogP contribution < -0.4 is 10.5 Å². The van der Waals surface area contributed by atoms with E-state index in [1.165, 1.54) is 4.88 Å². The monoisotopic (exact) mass is 465 g/mol. The molecule has 10 heteroatoms. The van der Waals surface area contributed by atoms with Crippen molar-refractivity contribution in [3.8, 4) is 5.75 Å². The number of amides is 1. The average molecular weight is 466 g/mol. The normalized spacial score (nSPS) is 16.7. The molecule has 2 aromatic rings. The maximum Gasteiger partial charge on any atom is 0.353 e. The molecular weight excluding hydrogens is 442 g/mol. The van der Waals surface area contributed by atoms with Crippen LogP contribution in [0, 0.1) is 0 Å². The molecular formula is C21H24ClN3O5S. The Bertz CT molecular complexity index is 927. The number of hydrogen-bond acceptors (Lipinski definition) is 7. The zero-order valence-electron chi connectivity index (χ0n) is 16.8. The number of piperidine rings is 1. The fraction of sp³-hybridized carbons (Fsp3) is 0.381. The van der Waals surface area contributed by atoms with Crippen LogP contribution >= 0.6 is 22.9 Å². The van der Waals surface area contributed by atoms with E-state index in [0.29, 0.717) is 43.2 Å². The molecule has 0 atom stereocenters. The van der Waals surface area contributed by atoms with Gasteiger partial charge in [0.25, 0.3) is 5.91 Å². The van der Waals surface area contributed by atoms with Crippen molar-refractivity contribution in [2.45, 2.75) is 31.4 Å². The van der Waals surface area contributed by atoms with Gasteiger partial charge in [0.15, 0.2) is 12.3 Å². The molecule has 3 N–H and O–H groups in total. The van der Waals surface area contributed by atoms with Crippen LogP contribution in [-0.2, 0) is 21.0 Å². The van der Waals surface area contributed by atoms with Gasteiger partial charge in [-0.3, -0.25) is 4.79 Å². The Balaban J connectivity index is 0.000000330. The Kier molecular flexibility index (Phi) is 7.89. The molecule has 4 rings (SSSR count). The van der Waals surface area contributed by atoms with Gasteiger partial charge >= 0.3 is 5.97 Å². The van der Waals surface area contributed by atoms with E-state index >= 15 is 0 Å². The molecule has 1 spiro atoms. The van der Waals surface area contributed by atoms with Crippen LogP contribution in [0.2, 0.25) is 5.02 Å². The number of halogens is 1. The summed E-state index contributed by atoms with van der Waals surface area (Å²) in [7, 11) is 0. The number of carbonyl (C=O) groups excluding carboxylic acids is 1. The summed E-state index contributed by atoms with van der Waals surface area (Å²) in [5.41, 5.74) is 4.76. The number of benzene rings is 1. The molecule has 0 aliphatic carbocycles. The fourth-order valence-corrected chi connectivity index (χ4v) is 4.06. The van der Waals surface area contributed by atoms with Gasteiger partial charge in [-0.05, 0) is 29.6 Å². The van der Waals surface area contributed by atoms with Crippen LogP contribution in [0.3, 0.4) is 0 Å². The molecule has 0 radical (unpaired) electrons. The number of rotatable bonds is 5. The summed E-state index contributed by atoms with van der Waals surface area (Å²) in [6.45, 7) is 1.59. The van der Waals surface area contributed by atoms with E-state index in [9.17, 15) is 9.59 Å². The lowest BCUT2D eigenvalue weighted by molar-refractivity contribution is -0.139. The van der Waals surface area contributed by atoms with Gasteiger partial charge in [-0.15, -0.1) is 11.3 Å². The van der Waals surface area contributed by atoms with Crippen molar-refractivity contribution in [1.82, 2.24) is 4.90 Å². The third kappa shape index (κ3) is 6.43. The Morgan fingerprint density at radius 2 is 2.06 bits per heavy atom. The lowest BCUT2D eigenvalue weighted by Gasteiger charge is -2.37. The molecule has 0 saturated carbocycles. The van der Waals surface area contributed by atoms with E-state index in [1.807, 2.05) is 17.5 Å². The zero-order chi connectivity index (χ0) is 22.3. The quantitative estimate of drug-likeness (QED) is 0.701. The third-order valence-corrected chi connectivity index (χ3v) is 6.19. The van der Waals surface area contributed by atoms with E-state index in [4.69, 9.17) is 32.0 Å². The van der Waals surface area contributed by atoms with E-state index in [0.717, 1.165) is 0 Å². The topological polar surface area (TPSA) is 114 Å². The van der Waals surface area contributed by atoms with Crippen molar-refractivity contribution in [2.24, 2.45) is 10.9 Å². The largest absolute Gasteiger partial charge is 0.484 e. The maximum absolute atomic E-state index is 12.2. The Morgan fingerprint density at radius 1 is 1.29 bits per heavy atom. The number of hydrogen-bond donors (Lipinski definition) is 2. The highest BCUT2D eigenvalue weighted by Crippen LogP contribution is 2.34. The first-order valence-electron chi connectivity index (χ1n) is 9.78. The van der Waals surface area contributed by atoms with Gasteiger partial charge in [0.05, 0.1) is 0 Å². The molecule has 2 aliphatic rings. The molecule has 3 heterocycles. The number of carbonyl (C=O) groups is 2. The number of carboxylic acid groups (broad SMARTS) is 1. The number of carboxylic acids is 1. The van der Waals surface area contributed by atoms with Gasteiger partial charge in [-0.2, -0.15) is 0 Å². The van der Waals surface area contributed by atoms with Crippen molar-refractivity contribution in [3.63, 3.8) is 0 Å². The molecule has 0 bridgehead atoms. The number of ether oxygens (including phenoxy) is 1. The van der Waals surface area contributed by atoms with Crippen molar-refractivity contribution < 1.29 is 24.3 Å².